The summed E-state index contributed by atoms with van der Waals surface area (Å²) in [7, 11) is 0. The lowest BCUT2D eigenvalue weighted by atomic mass is 10.1. The van der Waals surface area contributed by atoms with E-state index in [0.29, 0.717) is 17.0 Å². The van der Waals surface area contributed by atoms with E-state index in [2.05, 4.69) is 4.72 Å². The number of anilines is 1. The van der Waals surface area contributed by atoms with Gasteiger partial charge in [0.1, 0.15) is 16.2 Å². The Morgan fingerprint density at radius 2 is 1.87 bits per heavy atom. The van der Waals surface area contributed by atoms with E-state index in [4.69, 9.17) is 4.98 Å². The fourth-order valence-electron chi connectivity index (χ4n) is 3.56. The standard InChI is InChI=1S/C21H30F2N4O2S/c1-13-11-16(15(3)25-30(29)20(4,5)6)18-24-17(14(2)19(28)27(18)12-13)26-9-7-21(22,23)8-10-26/h11-12,15,25H,7-10H2,1-6H3/t15?,30-/m1/s1. The summed E-state index contributed by atoms with van der Waals surface area (Å²) in [5.74, 6) is -2.22. The van der Waals surface area contributed by atoms with Gasteiger partial charge >= 0.3 is 0 Å². The van der Waals surface area contributed by atoms with Crippen LogP contribution in [-0.4, -0.2) is 37.7 Å². The van der Waals surface area contributed by atoms with Crippen molar-refractivity contribution < 1.29 is 13.3 Å². The number of pyridine rings is 1. The van der Waals surface area contributed by atoms with Crippen LogP contribution in [0.5, 0.6) is 0 Å². The highest BCUT2D eigenvalue weighted by Gasteiger charge is 2.35. The van der Waals surface area contributed by atoms with Crippen molar-refractivity contribution in [3.8, 4) is 0 Å². The Kier molecular flexibility index (Phi) is 6.19. The minimum absolute atomic E-state index is 0.152. The lowest BCUT2D eigenvalue weighted by Crippen LogP contribution is -2.41. The summed E-state index contributed by atoms with van der Waals surface area (Å²) < 4.78 is 44.0. The van der Waals surface area contributed by atoms with Crippen LogP contribution in [0.25, 0.3) is 5.65 Å². The molecule has 1 aliphatic rings. The van der Waals surface area contributed by atoms with E-state index in [1.54, 1.807) is 18.0 Å². The first-order valence-corrected chi connectivity index (χ1v) is 11.3. The van der Waals surface area contributed by atoms with Crippen LogP contribution >= 0.6 is 0 Å². The van der Waals surface area contributed by atoms with Crippen molar-refractivity contribution in [2.75, 3.05) is 18.0 Å². The number of nitrogens with one attached hydrogen (secondary N) is 1. The van der Waals surface area contributed by atoms with Gasteiger partial charge in [-0.25, -0.2) is 13.8 Å². The van der Waals surface area contributed by atoms with Gasteiger partial charge in [0.05, 0.1) is 11.6 Å². The molecule has 3 rings (SSSR count). The van der Waals surface area contributed by atoms with E-state index in [-0.39, 0.29) is 37.5 Å². The average Bonchev–Trinajstić information content (AvgIpc) is 2.64. The lowest BCUT2D eigenvalue weighted by molar-refractivity contribution is -0.0221. The summed E-state index contributed by atoms with van der Waals surface area (Å²) in [4.78, 5) is 19.6. The molecule has 0 spiro atoms. The highest BCUT2D eigenvalue weighted by Crippen LogP contribution is 2.31. The van der Waals surface area contributed by atoms with Crippen molar-refractivity contribution in [1.29, 1.82) is 0 Å². The summed E-state index contributed by atoms with van der Waals surface area (Å²) in [6.45, 7) is 11.4. The Labute approximate surface area is 179 Å². The van der Waals surface area contributed by atoms with Gasteiger partial charge in [-0.05, 0) is 53.2 Å². The first kappa shape index (κ1) is 23.0. The number of aryl methyl sites for hydroxylation is 1. The molecule has 0 amide bonds. The molecule has 3 heterocycles. The second kappa shape index (κ2) is 8.09. The number of hydrogen-bond donors (Lipinski definition) is 1. The number of alkyl halides is 2. The van der Waals surface area contributed by atoms with Crippen LogP contribution in [0.4, 0.5) is 14.6 Å². The van der Waals surface area contributed by atoms with Crippen LogP contribution in [0.3, 0.4) is 0 Å². The quantitative estimate of drug-likeness (QED) is 0.735. The molecule has 0 aliphatic carbocycles. The average molecular weight is 441 g/mol. The third kappa shape index (κ3) is 4.63. The van der Waals surface area contributed by atoms with E-state index in [1.165, 1.54) is 4.40 Å². The highest BCUT2D eigenvalue weighted by atomic mass is 32.2. The molecular formula is C21H30F2N4O2S. The summed E-state index contributed by atoms with van der Waals surface area (Å²) in [6.07, 6.45) is 1.22. The second-order valence-corrected chi connectivity index (χ2v) is 11.1. The fourth-order valence-corrected chi connectivity index (χ4v) is 4.36. The Hall–Kier alpha value is -1.71. The lowest BCUT2D eigenvalue weighted by Gasteiger charge is -2.33. The van der Waals surface area contributed by atoms with E-state index >= 15 is 0 Å². The van der Waals surface area contributed by atoms with Gasteiger partial charge in [0, 0.05) is 49.1 Å². The normalized spacial score (nSPS) is 19.2. The van der Waals surface area contributed by atoms with Crippen molar-refractivity contribution in [2.45, 2.75) is 71.1 Å². The smallest absolute Gasteiger partial charge is 0.262 e. The zero-order chi connectivity index (χ0) is 22.4. The molecule has 2 aromatic rings. The molecule has 6 nitrogen and oxygen atoms in total. The first-order valence-electron chi connectivity index (χ1n) is 10.1. The molecule has 1 fully saturated rings. The Bertz CT molecular complexity index is 993. The monoisotopic (exact) mass is 440 g/mol. The molecule has 1 saturated heterocycles. The second-order valence-electron chi connectivity index (χ2n) is 9.10. The van der Waals surface area contributed by atoms with Gasteiger partial charge < -0.3 is 9.45 Å². The summed E-state index contributed by atoms with van der Waals surface area (Å²) in [6, 6.07) is 1.59. The van der Waals surface area contributed by atoms with Crippen LogP contribution in [0, 0.1) is 13.8 Å². The molecule has 0 bridgehead atoms. The number of halogens is 2. The molecular weight excluding hydrogens is 410 g/mol. The van der Waals surface area contributed by atoms with Crippen molar-refractivity contribution in [1.82, 2.24) is 14.1 Å². The molecule has 9 heteroatoms. The minimum Gasteiger partial charge on any atom is -0.598 e. The zero-order valence-corrected chi connectivity index (χ0v) is 19.2. The third-order valence-corrected chi connectivity index (χ3v) is 7.07. The maximum absolute atomic E-state index is 13.6. The molecule has 1 unspecified atom stereocenters. The van der Waals surface area contributed by atoms with Crippen molar-refractivity contribution in [3.05, 3.63) is 39.3 Å². The van der Waals surface area contributed by atoms with Crippen LogP contribution < -0.4 is 15.2 Å². The van der Waals surface area contributed by atoms with Gasteiger partial charge in [0.15, 0.2) is 0 Å². The van der Waals surface area contributed by atoms with Gasteiger partial charge in [-0.1, -0.05) is 0 Å². The Morgan fingerprint density at radius 3 is 2.43 bits per heavy atom. The van der Waals surface area contributed by atoms with Crippen molar-refractivity contribution in [2.24, 2.45) is 0 Å². The molecule has 2 aromatic heterocycles. The summed E-state index contributed by atoms with van der Waals surface area (Å²) in [5.41, 5.74) is 2.29. The summed E-state index contributed by atoms with van der Waals surface area (Å²) in [5, 5.41) is 0. The van der Waals surface area contributed by atoms with Gasteiger partial charge in [0.2, 0.25) is 0 Å². The van der Waals surface area contributed by atoms with E-state index in [9.17, 15) is 18.1 Å². The molecule has 2 atom stereocenters. The number of piperidine rings is 1. The maximum Gasteiger partial charge on any atom is 0.262 e. The van der Waals surface area contributed by atoms with Crippen LogP contribution in [0.2, 0.25) is 0 Å². The minimum atomic E-state index is -2.67. The van der Waals surface area contributed by atoms with Crippen LogP contribution in [0.15, 0.2) is 17.1 Å². The zero-order valence-electron chi connectivity index (χ0n) is 18.4. The van der Waals surface area contributed by atoms with E-state index < -0.39 is 22.0 Å². The number of hydrogen-bond acceptors (Lipinski definition) is 5. The van der Waals surface area contributed by atoms with Gasteiger partial charge in [0.25, 0.3) is 11.5 Å². The van der Waals surface area contributed by atoms with Crippen molar-refractivity contribution >= 4 is 22.8 Å². The maximum atomic E-state index is 13.6. The number of nitrogens with zero attached hydrogens (tertiary/aromatic N) is 3. The molecule has 0 aromatic carbocycles. The predicted octanol–water partition coefficient (Wildman–Crippen LogP) is 3.66. The molecule has 166 valence electrons. The van der Waals surface area contributed by atoms with Crippen molar-refractivity contribution in [3.63, 3.8) is 0 Å². The SMILES string of the molecule is Cc1cc(C(C)N[S@+]([O-])C(C)(C)C)c2nc(N3CCC(F)(F)CC3)c(C)c(=O)n2c1. The molecule has 0 saturated carbocycles. The largest absolute Gasteiger partial charge is 0.598 e. The molecule has 0 radical (unpaired) electrons. The van der Waals surface area contributed by atoms with Crippen LogP contribution in [-0.2, 0) is 11.4 Å². The number of fused-ring (bicyclic) bond motifs is 1. The topological polar surface area (TPSA) is 72.7 Å². The third-order valence-electron chi connectivity index (χ3n) is 5.39. The molecule has 1 aliphatic heterocycles. The van der Waals surface area contributed by atoms with Gasteiger partial charge in [-0.15, -0.1) is 4.72 Å². The fraction of sp³-hybridized carbons (Fsp3) is 0.619. The van der Waals surface area contributed by atoms with E-state index in [1.807, 2.05) is 40.7 Å². The molecule has 1 N–H and O–H groups in total. The van der Waals surface area contributed by atoms with Crippen LogP contribution in [0.1, 0.15) is 63.3 Å². The predicted molar refractivity (Wildman–Crippen MR) is 117 cm³/mol. The van der Waals surface area contributed by atoms with Gasteiger partial charge in [-0.3, -0.25) is 9.20 Å². The summed E-state index contributed by atoms with van der Waals surface area (Å²) >= 11 is -1.30. The molecule has 30 heavy (non-hydrogen) atoms. The first-order chi connectivity index (χ1) is 13.8. The van der Waals surface area contributed by atoms with Gasteiger partial charge in [-0.2, -0.15) is 0 Å². The number of rotatable bonds is 4. The Balaban J connectivity index is 2.08. The Morgan fingerprint density at radius 1 is 1.27 bits per heavy atom. The highest BCUT2D eigenvalue weighted by molar-refractivity contribution is 7.90. The van der Waals surface area contributed by atoms with E-state index in [0.717, 1.165) is 11.1 Å². The number of aromatic nitrogens is 2.